The van der Waals surface area contributed by atoms with E-state index in [0.29, 0.717) is 12.2 Å². The smallest absolute Gasteiger partial charge is 0.272 e. The largest absolute Gasteiger partial charge is 0.368 e. The first-order valence-electron chi connectivity index (χ1n) is 5.78. The van der Waals surface area contributed by atoms with E-state index in [-0.39, 0.29) is 11.9 Å². The first-order chi connectivity index (χ1) is 9.02. The van der Waals surface area contributed by atoms with Gasteiger partial charge in [-0.05, 0) is 50.8 Å². The van der Waals surface area contributed by atoms with Crippen LogP contribution in [-0.4, -0.2) is 40.2 Å². The average Bonchev–Trinajstić information content (AvgIpc) is 3.02. The summed E-state index contributed by atoms with van der Waals surface area (Å²) in [7, 11) is 0. The van der Waals surface area contributed by atoms with Gasteiger partial charge in [-0.15, -0.1) is 0 Å². The number of rotatable bonds is 1. The molecule has 0 unspecified atom stereocenters. The number of guanidine groups is 1. The number of aliphatic imine (C=N–C) groups is 2. The number of likely N-dealkylation sites (tertiary alicyclic amines) is 1. The quantitative estimate of drug-likeness (QED) is 0.769. The van der Waals surface area contributed by atoms with Crippen molar-refractivity contribution in [1.29, 1.82) is 0 Å². The van der Waals surface area contributed by atoms with E-state index in [9.17, 15) is 4.79 Å². The number of hydrogen-bond acceptors (Lipinski definition) is 4. The van der Waals surface area contributed by atoms with Crippen molar-refractivity contribution in [2.75, 3.05) is 6.54 Å². The summed E-state index contributed by atoms with van der Waals surface area (Å²) in [6.07, 6.45) is 3.31. The predicted octanol–water partition coefficient (Wildman–Crippen LogP) is 1.87. The standard InChI is InChI=1S/C11H11Br2N5O/c12-6-4-7(16-8(6)13)9(19)18-3-1-2-11(18)5-15-10(14)17-11/h4-5,16H,1-3H2,(H2,14,17)/t11-/m1/s1. The minimum absolute atomic E-state index is 0.103. The Morgan fingerprint density at radius 3 is 2.89 bits per heavy atom. The molecule has 0 aliphatic carbocycles. The summed E-state index contributed by atoms with van der Waals surface area (Å²) in [4.78, 5) is 25.6. The van der Waals surface area contributed by atoms with Crippen LogP contribution in [0.2, 0.25) is 0 Å². The highest BCUT2D eigenvalue weighted by Gasteiger charge is 2.45. The molecule has 2 aliphatic rings. The number of hydrogen-bond donors (Lipinski definition) is 2. The molecule has 0 saturated carbocycles. The third kappa shape index (κ3) is 2.02. The summed E-state index contributed by atoms with van der Waals surface area (Å²) < 4.78 is 1.56. The third-order valence-electron chi connectivity index (χ3n) is 3.31. The molecule has 19 heavy (non-hydrogen) atoms. The molecule has 6 nitrogen and oxygen atoms in total. The first-order valence-corrected chi connectivity index (χ1v) is 7.37. The maximum Gasteiger partial charge on any atom is 0.272 e. The molecule has 1 fully saturated rings. The van der Waals surface area contributed by atoms with Crippen LogP contribution < -0.4 is 5.73 Å². The maximum atomic E-state index is 12.6. The zero-order valence-corrected chi connectivity index (χ0v) is 13.0. The van der Waals surface area contributed by atoms with E-state index in [1.54, 1.807) is 17.2 Å². The third-order valence-corrected chi connectivity index (χ3v) is 5.09. The van der Waals surface area contributed by atoms with Gasteiger partial charge in [-0.25, -0.2) is 9.98 Å². The maximum absolute atomic E-state index is 12.6. The van der Waals surface area contributed by atoms with Crippen molar-refractivity contribution >= 4 is 49.9 Å². The fourth-order valence-corrected chi connectivity index (χ4v) is 3.10. The van der Waals surface area contributed by atoms with E-state index in [1.807, 2.05) is 0 Å². The summed E-state index contributed by atoms with van der Waals surface area (Å²) >= 11 is 6.69. The number of carbonyl (C=O) groups excluding carboxylic acids is 1. The molecule has 1 spiro atoms. The Morgan fingerprint density at radius 1 is 1.53 bits per heavy atom. The monoisotopic (exact) mass is 387 g/mol. The van der Waals surface area contributed by atoms with Crippen molar-refractivity contribution in [3.63, 3.8) is 0 Å². The van der Waals surface area contributed by atoms with E-state index in [2.05, 4.69) is 46.8 Å². The number of aromatic amines is 1. The molecule has 1 saturated heterocycles. The molecule has 0 bridgehead atoms. The number of aromatic nitrogens is 1. The molecule has 1 aromatic rings. The molecule has 3 heterocycles. The van der Waals surface area contributed by atoms with Crippen LogP contribution in [0.3, 0.4) is 0 Å². The molecule has 2 aliphatic heterocycles. The molecule has 8 heteroatoms. The Labute approximate surface area is 126 Å². The van der Waals surface area contributed by atoms with Crippen LogP contribution in [0, 0.1) is 0 Å². The summed E-state index contributed by atoms with van der Waals surface area (Å²) in [5.74, 6) is 0.127. The highest BCUT2D eigenvalue weighted by molar-refractivity contribution is 9.13. The normalized spacial score (nSPS) is 25.4. The number of carbonyl (C=O) groups is 1. The Bertz CT molecular complexity index is 589. The van der Waals surface area contributed by atoms with Crippen molar-refractivity contribution < 1.29 is 4.79 Å². The SMILES string of the molecule is NC1=N[C@]2(C=N1)CCCN2C(=O)c1cc(Br)c(Br)[nH]1. The van der Waals surface area contributed by atoms with Crippen LogP contribution in [-0.2, 0) is 0 Å². The highest BCUT2D eigenvalue weighted by Crippen LogP contribution is 2.33. The summed E-state index contributed by atoms with van der Waals surface area (Å²) in [5.41, 5.74) is 5.43. The Balaban J connectivity index is 1.94. The molecule has 3 rings (SSSR count). The zero-order chi connectivity index (χ0) is 13.6. The fraction of sp³-hybridized carbons (Fsp3) is 0.364. The van der Waals surface area contributed by atoms with Gasteiger partial charge in [-0.1, -0.05) is 0 Å². The van der Waals surface area contributed by atoms with Crippen LogP contribution in [0.1, 0.15) is 23.3 Å². The Hall–Kier alpha value is -1.15. The zero-order valence-electron chi connectivity index (χ0n) is 9.86. The lowest BCUT2D eigenvalue weighted by molar-refractivity contribution is 0.0697. The van der Waals surface area contributed by atoms with E-state index in [4.69, 9.17) is 5.73 Å². The molecule has 0 aromatic carbocycles. The van der Waals surface area contributed by atoms with Gasteiger partial charge in [0.2, 0.25) is 5.96 Å². The van der Waals surface area contributed by atoms with Gasteiger partial charge < -0.3 is 15.6 Å². The molecular weight excluding hydrogens is 378 g/mol. The van der Waals surface area contributed by atoms with E-state index in [0.717, 1.165) is 21.9 Å². The Kier molecular flexibility index (Phi) is 3.01. The van der Waals surface area contributed by atoms with Crippen molar-refractivity contribution in [3.05, 3.63) is 20.8 Å². The molecule has 1 aromatic heterocycles. The minimum Gasteiger partial charge on any atom is -0.368 e. The van der Waals surface area contributed by atoms with Gasteiger partial charge in [0.1, 0.15) is 5.69 Å². The minimum atomic E-state index is -0.689. The second-order valence-corrected chi connectivity index (χ2v) is 6.16. The van der Waals surface area contributed by atoms with Crippen molar-refractivity contribution in [2.24, 2.45) is 15.7 Å². The topological polar surface area (TPSA) is 86.8 Å². The number of H-pyrrole nitrogens is 1. The molecule has 1 atom stereocenters. The predicted molar refractivity (Wildman–Crippen MR) is 79.3 cm³/mol. The highest BCUT2D eigenvalue weighted by atomic mass is 79.9. The number of nitrogens with two attached hydrogens (primary N) is 1. The average molecular weight is 389 g/mol. The lowest BCUT2D eigenvalue weighted by atomic mass is 10.1. The van der Waals surface area contributed by atoms with E-state index < -0.39 is 5.66 Å². The number of amides is 1. The van der Waals surface area contributed by atoms with Gasteiger partial charge in [0.15, 0.2) is 5.66 Å². The van der Waals surface area contributed by atoms with Crippen LogP contribution >= 0.6 is 31.9 Å². The summed E-state index contributed by atoms with van der Waals surface area (Å²) in [6, 6.07) is 1.75. The second kappa shape index (κ2) is 4.45. The summed E-state index contributed by atoms with van der Waals surface area (Å²) in [5, 5.41) is 0. The Morgan fingerprint density at radius 2 is 2.32 bits per heavy atom. The first kappa shape index (κ1) is 12.9. The number of nitrogens with zero attached hydrogens (tertiary/aromatic N) is 3. The number of halogens is 2. The van der Waals surface area contributed by atoms with Crippen molar-refractivity contribution in [2.45, 2.75) is 18.5 Å². The summed E-state index contributed by atoms with van der Waals surface area (Å²) in [6.45, 7) is 0.649. The van der Waals surface area contributed by atoms with Gasteiger partial charge in [0.25, 0.3) is 5.91 Å². The van der Waals surface area contributed by atoms with Gasteiger partial charge >= 0.3 is 0 Å². The van der Waals surface area contributed by atoms with Crippen LogP contribution in [0.25, 0.3) is 0 Å². The van der Waals surface area contributed by atoms with Gasteiger partial charge in [0, 0.05) is 6.54 Å². The lowest BCUT2D eigenvalue weighted by Crippen LogP contribution is -2.46. The molecule has 0 radical (unpaired) electrons. The van der Waals surface area contributed by atoms with Gasteiger partial charge in [0.05, 0.1) is 15.3 Å². The second-order valence-electron chi connectivity index (χ2n) is 4.51. The molecule has 100 valence electrons. The molecule has 1 amide bonds. The van der Waals surface area contributed by atoms with Crippen LogP contribution in [0.4, 0.5) is 0 Å². The number of nitrogens with one attached hydrogen (secondary N) is 1. The van der Waals surface area contributed by atoms with Gasteiger partial charge in [-0.3, -0.25) is 4.79 Å². The molecular formula is C11H11Br2N5O. The fourth-order valence-electron chi connectivity index (χ4n) is 2.44. The molecule has 3 N–H and O–H groups in total. The van der Waals surface area contributed by atoms with Crippen molar-refractivity contribution in [1.82, 2.24) is 9.88 Å². The van der Waals surface area contributed by atoms with E-state index >= 15 is 0 Å². The van der Waals surface area contributed by atoms with Gasteiger partial charge in [-0.2, -0.15) is 0 Å². The van der Waals surface area contributed by atoms with Crippen LogP contribution in [0.5, 0.6) is 0 Å². The lowest BCUT2D eigenvalue weighted by Gasteiger charge is -2.29. The van der Waals surface area contributed by atoms with Crippen molar-refractivity contribution in [3.8, 4) is 0 Å². The van der Waals surface area contributed by atoms with E-state index in [1.165, 1.54) is 0 Å². The van der Waals surface area contributed by atoms with Crippen LogP contribution in [0.15, 0.2) is 25.1 Å².